The van der Waals surface area contributed by atoms with Crippen LogP contribution in [-0.2, 0) is 5.88 Å². The van der Waals surface area contributed by atoms with Crippen molar-refractivity contribution in [1.82, 2.24) is 0 Å². The lowest BCUT2D eigenvalue weighted by molar-refractivity contribution is 0.569. The average molecular weight is 224 g/mol. The Kier molecular flexibility index (Phi) is 3.53. The number of benzene rings is 1. The van der Waals surface area contributed by atoms with E-state index in [9.17, 15) is 0 Å². The van der Waals surface area contributed by atoms with E-state index in [-0.39, 0.29) is 0 Å². The normalized spacial score (nSPS) is 20.9. The topological polar surface area (TPSA) is 3.24 Å². The van der Waals surface area contributed by atoms with Gasteiger partial charge in [0.1, 0.15) is 0 Å². The first-order chi connectivity index (χ1) is 7.33. The van der Waals surface area contributed by atoms with Crippen molar-refractivity contribution in [3.63, 3.8) is 0 Å². The molecule has 1 fully saturated rings. The standard InChI is InChI=1S/C13H18ClN/c1-2-11-7-8-15(10-11)13-5-3-12(9-14)4-6-13/h3-6,11H,2,7-10H2,1H3. The molecule has 0 spiro atoms. The summed E-state index contributed by atoms with van der Waals surface area (Å²) in [5.41, 5.74) is 2.55. The van der Waals surface area contributed by atoms with Gasteiger partial charge in [-0.3, -0.25) is 0 Å². The van der Waals surface area contributed by atoms with Crippen LogP contribution in [0.4, 0.5) is 5.69 Å². The molecule has 0 amide bonds. The molecule has 1 heterocycles. The summed E-state index contributed by atoms with van der Waals surface area (Å²) in [6.07, 6.45) is 2.64. The lowest BCUT2D eigenvalue weighted by Crippen LogP contribution is -2.19. The predicted octanol–water partition coefficient (Wildman–Crippen LogP) is 3.66. The van der Waals surface area contributed by atoms with Gasteiger partial charge >= 0.3 is 0 Å². The van der Waals surface area contributed by atoms with Gasteiger partial charge in [0.05, 0.1) is 0 Å². The van der Waals surface area contributed by atoms with Gasteiger partial charge in [-0.15, -0.1) is 11.6 Å². The van der Waals surface area contributed by atoms with Gasteiger partial charge in [-0.1, -0.05) is 25.5 Å². The molecule has 15 heavy (non-hydrogen) atoms. The van der Waals surface area contributed by atoms with Crippen LogP contribution in [0.15, 0.2) is 24.3 Å². The van der Waals surface area contributed by atoms with Crippen LogP contribution < -0.4 is 4.90 Å². The minimum Gasteiger partial charge on any atom is -0.371 e. The number of hydrogen-bond donors (Lipinski definition) is 0. The highest BCUT2D eigenvalue weighted by Gasteiger charge is 2.20. The van der Waals surface area contributed by atoms with Crippen molar-refractivity contribution in [1.29, 1.82) is 0 Å². The monoisotopic (exact) mass is 223 g/mol. The Labute approximate surface area is 97.0 Å². The number of halogens is 1. The zero-order valence-electron chi connectivity index (χ0n) is 9.25. The fourth-order valence-corrected chi connectivity index (χ4v) is 2.37. The predicted molar refractivity (Wildman–Crippen MR) is 66.6 cm³/mol. The maximum Gasteiger partial charge on any atom is 0.0474 e. The molecule has 82 valence electrons. The Balaban J connectivity index is 2.04. The summed E-state index contributed by atoms with van der Waals surface area (Å²) < 4.78 is 0. The largest absolute Gasteiger partial charge is 0.371 e. The summed E-state index contributed by atoms with van der Waals surface area (Å²) >= 11 is 5.77. The van der Waals surface area contributed by atoms with E-state index < -0.39 is 0 Å². The molecule has 2 heteroatoms. The second kappa shape index (κ2) is 4.89. The van der Waals surface area contributed by atoms with Crippen molar-refractivity contribution in [3.8, 4) is 0 Å². The molecule has 1 aliphatic heterocycles. The highest BCUT2D eigenvalue weighted by Crippen LogP contribution is 2.25. The maximum atomic E-state index is 5.77. The number of anilines is 1. The third-order valence-electron chi connectivity index (χ3n) is 3.32. The molecule has 0 aliphatic carbocycles. The van der Waals surface area contributed by atoms with Gasteiger partial charge in [-0.05, 0) is 30.0 Å². The van der Waals surface area contributed by atoms with E-state index >= 15 is 0 Å². The fraction of sp³-hybridized carbons (Fsp3) is 0.538. The lowest BCUT2D eigenvalue weighted by Gasteiger charge is -2.18. The van der Waals surface area contributed by atoms with E-state index in [1.165, 1.54) is 37.2 Å². The van der Waals surface area contributed by atoms with Crippen LogP contribution >= 0.6 is 11.6 Å². The maximum absolute atomic E-state index is 5.77. The molecule has 1 aromatic carbocycles. The molecule has 1 nitrogen and oxygen atoms in total. The van der Waals surface area contributed by atoms with Crippen LogP contribution in [0.1, 0.15) is 25.3 Å². The fourth-order valence-electron chi connectivity index (χ4n) is 2.20. The Morgan fingerprint density at radius 2 is 2.07 bits per heavy atom. The van der Waals surface area contributed by atoms with E-state index in [4.69, 9.17) is 11.6 Å². The molecule has 0 N–H and O–H groups in total. The third kappa shape index (κ3) is 2.46. The van der Waals surface area contributed by atoms with Crippen LogP contribution in [0.25, 0.3) is 0 Å². The zero-order valence-corrected chi connectivity index (χ0v) is 10.0. The first-order valence-corrected chi connectivity index (χ1v) is 6.26. The van der Waals surface area contributed by atoms with Crippen molar-refractivity contribution < 1.29 is 0 Å². The zero-order chi connectivity index (χ0) is 10.7. The van der Waals surface area contributed by atoms with Gasteiger partial charge in [0.15, 0.2) is 0 Å². The quantitative estimate of drug-likeness (QED) is 0.707. The Morgan fingerprint density at radius 3 is 2.60 bits per heavy atom. The summed E-state index contributed by atoms with van der Waals surface area (Å²) in [6, 6.07) is 8.63. The molecule has 1 saturated heterocycles. The van der Waals surface area contributed by atoms with E-state index in [0.717, 1.165) is 5.92 Å². The Bertz CT molecular complexity index is 307. The number of nitrogens with zero attached hydrogens (tertiary/aromatic N) is 1. The summed E-state index contributed by atoms with van der Waals surface area (Å²) in [4.78, 5) is 2.48. The van der Waals surface area contributed by atoms with Crippen molar-refractivity contribution >= 4 is 17.3 Å². The smallest absolute Gasteiger partial charge is 0.0474 e. The molecule has 0 radical (unpaired) electrons. The molecule has 1 unspecified atom stereocenters. The lowest BCUT2D eigenvalue weighted by atomic mass is 10.1. The molecule has 1 atom stereocenters. The molecule has 1 aromatic rings. The highest BCUT2D eigenvalue weighted by molar-refractivity contribution is 6.17. The Morgan fingerprint density at radius 1 is 1.33 bits per heavy atom. The average Bonchev–Trinajstić information content (AvgIpc) is 2.78. The second-order valence-electron chi connectivity index (χ2n) is 4.31. The number of rotatable bonds is 3. The van der Waals surface area contributed by atoms with Crippen LogP contribution in [0.5, 0.6) is 0 Å². The summed E-state index contributed by atoms with van der Waals surface area (Å²) in [5.74, 6) is 1.50. The van der Waals surface area contributed by atoms with Gasteiger partial charge in [0.2, 0.25) is 0 Å². The van der Waals surface area contributed by atoms with Gasteiger partial charge in [-0.25, -0.2) is 0 Å². The van der Waals surface area contributed by atoms with E-state index in [2.05, 4.69) is 36.1 Å². The van der Waals surface area contributed by atoms with Crippen LogP contribution in [0.3, 0.4) is 0 Å². The number of alkyl halides is 1. The van der Waals surface area contributed by atoms with E-state index in [0.29, 0.717) is 5.88 Å². The SMILES string of the molecule is CCC1CCN(c2ccc(CCl)cc2)C1. The molecular formula is C13H18ClN. The first-order valence-electron chi connectivity index (χ1n) is 5.73. The Hall–Kier alpha value is -0.690. The third-order valence-corrected chi connectivity index (χ3v) is 3.63. The van der Waals surface area contributed by atoms with E-state index in [1.54, 1.807) is 0 Å². The second-order valence-corrected chi connectivity index (χ2v) is 4.58. The van der Waals surface area contributed by atoms with E-state index in [1.807, 2.05) is 0 Å². The van der Waals surface area contributed by atoms with Crippen LogP contribution in [0.2, 0.25) is 0 Å². The van der Waals surface area contributed by atoms with Crippen molar-refractivity contribution in [2.45, 2.75) is 25.6 Å². The summed E-state index contributed by atoms with van der Waals surface area (Å²) in [6.45, 7) is 4.71. The van der Waals surface area contributed by atoms with Gasteiger partial charge < -0.3 is 4.90 Å². The minimum atomic E-state index is 0.609. The van der Waals surface area contributed by atoms with Crippen molar-refractivity contribution in [3.05, 3.63) is 29.8 Å². The first kappa shape index (κ1) is 10.8. The van der Waals surface area contributed by atoms with Crippen LogP contribution in [0, 0.1) is 5.92 Å². The van der Waals surface area contributed by atoms with Gasteiger partial charge in [0, 0.05) is 24.7 Å². The van der Waals surface area contributed by atoms with Gasteiger partial charge in [-0.2, -0.15) is 0 Å². The molecular weight excluding hydrogens is 206 g/mol. The number of hydrogen-bond acceptors (Lipinski definition) is 1. The van der Waals surface area contributed by atoms with Crippen molar-refractivity contribution in [2.24, 2.45) is 5.92 Å². The summed E-state index contributed by atoms with van der Waals surface area (Å²) in [5, 5.41) is 0. The summed E-state index contributed by atoms with van der Waals surface area (Å²) in [7, 11) is 0. The van der Waals surface area contributed by atoms with Crippen LogP contribution in [-0.4, -0.2) is 13.1 Å². The molecule has 0 bridgehead atoms. The van der Waals surface area contributed by atoms with Crippen molar-refractivity contribution in [2.75, 3.05) is 18.0 Å². The molecule has 1 aliphatic rings. The minimum absolute atomic E-state index is 0.609. The highest BCUT2D eigenvalue weighted by atomic mass is 35.5. The molecule has 0 aromatic heterocycles. The van der Waals surface area contributed by atoms with Gasteiger partial charge in [0.25, 0.3) is 0 Å². The molecule has 0 saturated carbocycles. The molecule has 2 rings (SSSR count).